The van der Waals surface area contributed by atoms with Gasteiger partial charge in [0.05, 0.1) is 23.8 Å². The van der Waals surface area contributed by atoms with Gasteiger partial charge in [-0.05, 0) is 42.3 Å². The van der Waals surface area contributed by atoms with E-state index in [0.717, 1.165) is 29.3 Å². The normalized spacial score (nSPS) is 13.1. The van der Waals surface area contributed by atoms with Gasteiger partial charge in [-0.25, -0.2) is 13.1 Å². The van der Waals surface area contributed by atoms with Crippen LogP contribution in [-0.4, -0.2) is 20.5 Å². The van der Waals surface area contributed by atoms with E-state index >= 15 is 0 Å². The van der Waals surface area contributed by atoms with Crippen molar-refractivity contribution < 1.29 is 26.3 Å². The highest BCUT2D eigenvalue weighted by Gasteiger charge is 2.37. The van der Waals surface area contributed by atoms with Gasteiger partial charge in [0, 0.05) is 17.8 Å². The van der Waals surface area contributed by atoms with Crippen molar-refractivity contribution in [2.24, 2.45) is 0 Å². The van der Waals surface area contributed by atoms with Crippen LogP contribution in [0.1, 0.15) is 24.1 Å². The quantitative estimate of drug-likeness (QED) is 0.602. The zero-order valence-electron chi connectivity index (χ0n) is 16.1. The summed E-state index contributed by atoms with van der Waals surface area (Å²) in [6.07, 6.45) is -1.63. The molecular formula is C21H19F3N2O3S. The van der Waals surface area contributed by atoms with Gasteiger partial charge in [0.25, 0.3) is 0 Å². The predicted molar refractivity (Wildman–Crippen MR) is 106 cm³/mol. The molecule has 3 rings (SSSR count). The minimum Gasteiger partial charge on any atom is -0.494 e. The number of nitrogens with zero attached hydrogens (tertiary/aromatic N) is 1. The number of nitrogens with one attached hydrogen (secondary N) is 1. The molecule has 1 atom stereocenters. The van der Waals surface area contributed by atoms with Gasteiger partial charge in [-0.15, -0.1) is 0 Å². The van der Waals surface area contributed by atoms with E-state index in [0.29, 0.717) is 11.3 Å². The molecule has 5 nitrogen and oxygen atoms in total. The molecule has 9 heteroatoms. The molecule has 0 aliphatic heterocycles. The smallest absolute Gasteiger partial charge is 0.417 e. The zero-order chi connectivity index (χ0) is 21.9. The fourth-order valence-electron chi connectivity index (χ4n) is 3.06. The van der Waals surface area contributed by atoms with E-state index in [1.54, 1.807) is 43.6 Å². The summed E-state index contributed by atoms with van der Waals surface area (Å²) in [5.74, 6) is 0.544. The molecule has 1 N–H and O–H groups in total. The summed E-state index contributed by atoms with van der Waals surface area (Å²) in [4.78, 5) is 3.19. The summed E-state index contributed by atoms with van der Waals surface area (Å²) in [6, 6.07) is 12.1. The van der Waals surface area contributed by atoms with Gasteiger partial charge in [0.2, 0.25) is 10.0 Å². The molecule has 0 bridgehead atoms. The Hall–Kier alpha value is -2.91. The number of alkyl halides is 3. The van der Waals surface area contributed by atoms with E-state index < -0.39 is 32.7 Å². The first-order valence-electron chi connectivity index (χ1n) is 8.90. The highest BCUT2D eigenvalue weighted by Crippen LogP contribution is 2.35. The lowest BCUT2D eigenvalue weighted by atomic mass is 10.0. The van der Waals surface area contributed by atoms with E-state index in [9.17, 15) is 21.6 Å². The Balaban J connectivity index is 1.93. The largest absolute Gasteiger partial charge is 0.494 e. The Kier molecular flexibility index (Phi) is 6.14. The van der Waals surface area contributed by atoms with Crippen LogP contribution in [0, 0.1) is 0 Å². The van der Waals surface area contributed by atoms with Crippen molar-refractivity contribution in [3.05, 3.63) is 78.1 Å². The SMILES string of the molecule is COc1cnccc1-c1cccc([C@H](C)NS(=O)(=O)c2ccccc2C(F)(F)F)c1. The molecule has 0 radical (unpaired) electrons. The molecule has 158 valence electrons. The number of methoxy groups -OCH3 is 1. The molecule has 0 saturated carbocycles. The highest BCUT2D eigenvalue weighted by molar-refractivity contribution is 7.89. The van der Waals surface area contributed by atoms with Crippen LogP contribution < -0.4 is 9.46 Å². The number of ether oxygens (including phenoxy) is 1. The number of pyridine rings is 1. The van der Waals surface area contributed by atoms with Crippen LogP contribution in [0.2, 0.25) is 0 Å². The topological polar surface area (TPSA) is 68.3 Å². The molecular weight excluding hydrogens is 417 g/mol. The third-order valence-electron chi connectivity index (χ3n) is 4.52. The zero-order valence-corrected chi connectivity index (χ0v) is 17.0. The van der Waals surface area contributed by atoms with E-state index in [1.807, 2.05) is 6.07 Å². The van der Waals surface area contributed by atoms with Gasteiger partial charge in [0.15, 0.2) is 0 Å². The van der Waals surface area contributed by atoms with E-state index in [1.165, 1.54) is 13.2 Å². The molecule has 1 aromatic heterocycles. The van der Waals surface area contributed by atoms with Gasteiger partial charge in [-0.1, -0.05) is 30.3 Å². The second-order valence-corrected chi connectivity index (χ2v) is 8.22. The lowest BCUT2D eigenvalue weighted by molar-refractivity contribution is -0.139. The molecule has 0 aliphatic rings. The minimum absolute atomic E-state index is 0.544. The molecule has 0 saturated heterocycles. The molecule has 0 unspecified atom stereocenters. The summed E-state index contributed by atoms with van der Waals surface area (Å²) >= 11 is 0. The average molecular weight is 436 g/mol. The van der Waals surface area contributed by atoms with Gasteiger partial charge < -0.3 is 4.74 Å². The first-order chi connectivity index (χ1) is 14.1. The summed E-state index contributed by atoms with van der Waals surface area (Å²) < 4.78 is 72.8. The number of sulfonamides is 1. The summed E-state index contributed by atoms with van der Waals surface area (Å²) in [6.45, 7) is 1.57. The second-order valence-electron chi connectivity index (χ2n) is 6.54. The van der Waals surface area contributed by atoms with Crippen LogP contribution in [-0.2, 0) is 16.2 Å². The Morgan fingerprint density at radius 1 is 1.07 bits per heavy atom. The number of halogens is 3. The number of benzene rings is 2. The Morgan fingerprint density at radius 2 is 1.80 bits per heavy atom. The fourth-order valence-corrected chi connectivity index (χ4v) is 4.52. The van der Waals surface area contributed by atoms with E-state index in [4.69, 9.17) is 4.74 Å². The Labute approximate surface area is 172 Å². The molecule has 2 aromatic carbocycles. The van der Waals surface area contributed by atoms with Crippen molar-refractivity contribution in [3.63, 3.8) is 0 Å². The number of aromatic nitrogens is 1. The predicted octanol–water partition coefficient (Wildman–Crippen LogP) is 4.82. The maximum Gasteiger partial charge on any atom is 0.417 e. The summed E-state index contributed by atoms with van der Waals surface area (Å²) in [5.41, 5.74) is 0.889. The molecule has 0 spiro atoms. The maximum atomic E-state index is 13.2. The second kappa shape index (κ2) is 8.45. The summed E-state index contributed by atoms with van der Waals surface area (Å²) in [7, 11) is -2.90. The third kappa shape index (κ3) is 4.63. The van der Waals surface area contributed by atoms with Gasteiger partial charge in [-0.3, -0.25) is 4.98 Å². The van der Waals surface area contributed by atoms with Crippen LogP contribution in [0.3, 0.4) is 0 Å². The van der Waals surface area contributed by atoms with E-state index in [-0.39, 0.29) is 0 Å². The molecule has 1 heterocycles. The van der Waals surface area contributed by atoms with E-state index in [2.05, 4.69) is 9.71 Å². The van der Waals surface area contributed by atoms with Gasteiger partial charge in [-0.2, -0.15) is 13.2 Å². The van der Waals surface area contributed by atoms with Crippen LogP contribution in [0.5, 0.6) is 5.75 Å². The molecule has 30 heavy (non-hydrogen) atoms. The van der Waals surface area contributed by atoms with Gasteiger partial charge in [0.1, 0.15) is 5.75 Å². The standard InChI is InChI=1S/C21H19F3N2O3S/c1-14(26-30(27,28)20-9-4-3-8-18(20)21(22,23)24)15-6-5-7-16(12-15)17-10-11-25-13-19(17)29-2/h3-14,26H,1-2H3/t14-/m0/s1. The first-order valence-corrected chi connectivity index (χ1v) is 10.4. The monoisotopic (exact) mass is 436 g/mol. The molecule has 3 aromatic rings. The van der Waals surface area contributed by atoms with Crippen molar-refractivity contribution in [1.29, 1.82) is 0 Å². The Bertz CT molecular complexity index is 1150. The first kappa shape index (κ1) is 21.8. The maximum absolute atomic E-state index is 13.2. The lowest BCUT2D eigenvalue weighted by Gasteiger charge is -2.18. The number of rotatable bonds is 6. The summed E-state index contributed by atoms with van der Waals surface area (Å²) in [5, 5.41) is 0. The lowest BCUT2D eigenvalue weighted by Crippen LogP contribution is -2.29. The van der Waals surface area contributed by atoms with Crippen molar-refractivity contribution in [3.8, 4) is 16.9 Å². The molecule has 0 aliphatic carbocycles. The molecule has 0 amide bonds. The highest BCUT2D eigenvalue weighted by atomic mass is 32.2. The number of hydrogen-bond acceptors (Lipinski definition) is 4. The van der Waals surface area contributed by atoms with Crippen molar-refractivity contribution in [1.82, 2.24) is 9.71 Å². The van der Waals surface area contributed by atoms with Crippen molar-refractivity contribution >= 4 is 10.0 Å². The minimum atomic E-state index is -4.79. The van der Waals surface area contributed by atoms with Crippen LogP contribution in [0.15, 0.2) is 71.9 Å². The average Bonchev–Trinajstić information content (AvgIpc) is 2.73. The fraction of sp³-hybridized carbons (Fsp3) is 0.190. The third-order valence-corrected chi connectivity index (χ3v) is 6.11. The van der Waals surface area contributed by atoms with Crippen LogP contribution in [0.4, 0.5) is 13.2 Å². The molecule has 0 fully saturated rings. The number of hydrogen-bond donors (Lipinski definition) is 1. The van der Waals surface area contributed by atoms with Crippen LogP contribution in [0.25, 0.3) is 11.1 Å². The van der Waals surface area contributed by atoms with Crippen LogP contribution >= 0.6 is 0 Å². The van der Waals surface area contributed by atoms with Gasteiger partial charge >= 0.3 is 6.18 Å². The van der Waals surface area contributed by atoms with Crippen molar-refractivity contribution in [2.45, 2.75) is 24.0 Å². The van der Waals surface area contributed by atoms with Crippen molar-refractivity contribution in [2.75, 3.05) is 7.11 Å². The Morgan fingerprint density at radius 3 is 2.50 bits per heavy atom.